The van der Waals surface area contributed by atoms with Crippen LogP contribution in [0, 0.1) is 11.3 Å². The number of aryl methyl sites for hydroxylation is 1. The van der Waals surface area contributed by atoms with Gasteiger partial charge in [0.25, 0.3) is 5.91 Å². The Hall–Kier alpha value is -2.28. The fourth-order valence-electron chi connectivity index (χ4n) is 3.39. The van der Waals surface area contributed by atoms with Gasteiger partial charge in [-0.3, -0.25) is 4.79 Å². The van der Waals surface area contributed by atoms with Crippen LogP contribution >= 0.6 is 0 Å². The number of amides is 1. The van der Waals surface area contributed by atoms with E-state index in [-0.39, 0.29) is 5.91 Å². The first kappa shape index (κ1) is 14.6. The van der Waals surface area contributed by atoms with Crippen LogP contribution < -0.4 is 5.32 Å². The van der Waals surface area contributed by atoms with Crippen molar-refractivity contribution in [3.63, 3.8) is 0 Å². The van der Waals surface area contributed by atoms with Crippen molar-refractivity contribution in [1.29, 1.82) is 5.26 Å². The van der Waals surface area contributed by atoms with Crippen LogP contribution in [0.4, 0.5) is 0 Å². The lowest BCUT2D eigenvalue weighted by atomic mass is 9.82. The maximum absolute atomic E-state index is 12.7. The summed E-state index contributed by atoms with van der Waals surface area (Å²) in [5.41, 5.74) is 1.03. The largest absolute Gasteiger partial charge is 0.347 e. The summed E-state index contributed by atoms with van der Waals surface area (Å²) in [7, 11) is 0. The van der Waals surface area contributed by atoms with E-state index >= 15 is 0 Å². The number of benzene rings is 1. The van der Waals surface area contributed by atoms with Gasteiger partial charge in [-0.05, 0) is 25.8 Å². The molecule has 1 N–H and O–H groups in total. The number of fused-ring (bicyclic) bond motifs is 1. The van der Waals surface area contributed by atoms with Gasteiger partial charge in [0.1, 0.15) is 5.54 Å². The van der Waals surface area contributed by atoms with Crippen molar-refractivity contribution in [2.24, 2.45) is 0 Å². The first-order valence-corrected chi connectivity index (χ1v) is 8.01. The average Bonchev–Trinajstić information content (AvgIpc) is 2.95. The van der Waals surface area contributed by atoms with Gasteiger partial charge in [0.05, 0.1) is 11.6 Å². The van der Waals surface area contributed by atoms with E-state index in [1.807, 2.05) is 30.5 Å². The topological polar surface area (TPSA) is 57.8 Å². The number of carbonyl (C=O) groups is 1. The zero-order valence-electron chi connectivity index (χ0n) is 12.9. The lowest BCUT2D eigenvalue weighted by molar-refractivity contribution is 0.0904. The number of para-hydroxylation sites is 1. The van der Waals surface area contributed by atoms with E-state index in [0.717, 1.165) is 49.6 Å². The number of rotatable bonds is 3. The van der Waals surface area contributed by atoms with Crippen molar-refractivity contribution in [3.05, 3.63) is 36.0 Å². The van der Waals surface area contributed by atoms with Gasteiger partial charge in [0, 0.05) is 23.6 Å². The van der Waals surface area contributed by atoms with E-state index in [1.54, 1.807) is 0 Å². The Morgan fingerprint density at radius 2 is 2.05 bits per heavy atom. The van der Waals surface area contributed by atoms with Crippen molar-refractivity contribution in [1.82, 2.24) is 9.88 Å². The first-order chi connectivity index (χ1) is 10.7. The third kappa shape index (κ3) is 2.48. The van der Waals surface area contributed by atoms with Crippen molar-refractivity contribution >= 4 is 16.8 Å². The second-order valence-electron chi connectivity index (χ2n) is 6.05. The molecule has 4 heteroatoms. The highest BCUT2D eigenvalue weighted by Crippen LogP contribution is 2.29. The Morgan fingerprint density at radius 1 is 1.32 bits per heavy atom. The summed E-state index contributed by atoms with van der Waals surface area (Å²) in [4.78, 5) is 12.7. The number of hydrogen-bond donors (Lipinski definition) is 1. The number of nitrogens with zero attached hydrogens (tertiary/aromatic N) is 2. The summed E-state index contributed by atoms with van der Waals surface area (Å²) >= 11 is 0. The van der Waals surface area contributed by atoms with Gasteiger partial charge in [0.15, 0.2) is 0 Å². The summed E-state index contributed by atoms with van der Waals surface area (Å²) in [6, 6.07) is 10.3. The Kier molecular flexibility index (Phi) is 3.89. The van der Waals surface area contributed by atoms with Gasteiger partial charge in [0.2, 0.25) is 0 Å². The molecule has 1 aliphatic carbocycles. The second kappa shape index (κ2) is 5.84. The van der Waals surface area contributed by atoms with Crippen LogP contribution in [0.2, 0.25) is 0 Å². The molecule has 0 atom stereocenters. The van der Waals surface area contributed by atoms with E-state index in [4.69, 9.17) is 0 Å². The molecule has 1 saturated carbocycles. The fraction of sp³-hybridized carbons (Fsp3) is 0.444. The van der Waals surface area contributed by atoms with Crippen molar-refractivity contribution in [2.45, 2.75) is 51.1 Å². The van der Waals surface area contributed by atoms with E-state index < -0.39 is 5.54 Å². The fourth-order valence-corrected chi connectivity index (χ4v) is 3.39. The SMILES string of the molecule is CCn1cc(C(=O)NC2(C#N)CCCCC2)c2ccccc21. The van der Waals surface area contributed by atoms with Gasteiger partial charge >= 0.3 is 0 Å². The van der Waals surface area contributed by atoms with Crippen LogP contribution in [-0.2, 0) is 6.54 Å². The normalized spacial score (nSPS) is 17.1. The van der Waals surface area contributed by atoms with Gasteiger partial charge in [-0.2, -0.15) is 5.26 Å². The monoisotopic (exact) mass is 295 g/mol. The molecule has 2 aromatic rings. The molecule has 0 aliphatic heterocycles. The molecular weight excluding hydrogens is 274 g/mol. The van der Waals surface area contributed by atoms with E-state index in [9.17, 15) is 10.1 Å². The van der Waals surface area contributed by atoms with Crippen LogP contribution in [0.5, 0.6) is 0 Å². The highest BCUT2D eigenvalue weighted by atomic mass is 16.1. The molecule has 0 saturated heterocycles. The van der Waals surface area contributed by atoms with Crippen molar-refractivity contribution < 1.29 is 4.79 Å². The van der Waals surface area contributed by atoms with Gasteiger partial charge < -0.3 is 9.88 Å². The number of aromatic nitrogens is 1. The minimum atomic E-state index is -0.690. The quantitative estimate of drug-likeness (QED) is 0.940. The minimum absolute atomic E-state index is 0.133. The molecule has 114 valence electrons. The zero-order chi connectivity index (χ0) is 15.6. The summed E-state index contributed by atoms with van der Waals surface area (Å²) in [5.74, 6) is -0.133. The second-order valence-corrected chi connectivity index (χ2v) is 6.05. The molecule has 0 unspecified atom stereocenters. The molecule has 4 nitrogen and oxygen atoms in total. The molecule has 1 amide bonds. The van der Waals surface area contributed by atoms with Gasteiger partial charge in [-0.25, -0.2) is 0 Å². The zero-order valence-corrected chi connectivity index (χ0v) is 12.9. The van der Waals surface area contributed by atoms with Gasteiger partial charge in [-0.15, -0.1) is 0 Å². The van der Waals surface area contributed by atoms with Crippen LogP contribution in [0.15, 0.2) is 30.5 Å². The number of nitriles is 1. The first-order valence-electron chi connectivity index (χ1n) is 8.01. The standard InChI is InChI=1S/C18H21N3O/c1-2-21-12-15(14-8-4-5-9-16(14)21)17(22)20-18(13-19)10-6-3-7-11-18/h4-5,8-9,12H,2-3,6-7,10-11H2,1H3,(H,20,22). The smallest absolute Gasteiger partial charge is 0.254 e. The van der Waals surface area contributed by atoms with E-state index in [0.29, 0.717) is 5.56 Å². The molecular formula is C18H21N3O. The van der Waals surface area contributed by atoms with Crippen LogP contribution in [0.25, 0.3) is 10.9 Å². The molecule has 1 fully saturated rings. The lowest BCUT2D eigenvalue weighted by Gasteiger charge is -2.31. The predicted molar refractivity (Wildman–Crippen MR) is 86.5 cm³/mol. The Labute approximate surface area is 130 Å². The maximum Gasteiger partial charge on any atom is 0.254 e. The number of nitrogens with one attached hydrogen (secondary N) is 1. The molecule has 0 radical (unpaired) electrons. The molecule has 1 aliphatic rings. The highest BCUT2D eigenvalue weighted by Gasteiger charge is 2.34. The Balaban J connectivity index is 1.94. The average molecular weight is 295 g/mol. The molecule has 3 rings (SSSR count). The molecule has 0 bridgehead atoms. The third-order valence-electron chi connectivity index (χ3n) is 4.65. The molecule has 1 heterocycles. The van der Waals surface area contributed by atoms with Crippen molar-refractivity contribution in [3.8, 4) is 6.07 Å². The summed E-state index contributed by atoms with van der Waals surface area (Å²) in [6.45, 7) is 2.88. The molecule has 0 spiro atoms. The van der Waals surface area contributed by atoms with Gasteiger partial charge in [-0.1, -0.05) is 37.5 Å². The maximum atomic E-state index is 12.7. The molecule has 22 heavy (non-hydrogen) atoms. The predicted octanol–water partition coefficient (Wildman–Crippen LogP) is 3.62. The van der Waals surface area contributed by atoms with Crippen LogP contribution in [0.3, 0.4) is 0 Å². The lowest BCUT2D eigenvalue weighted by Crippen LogP contribution is -2.48. The summed E-state index contributed by atoms with van der Waals surface area (Å²) in [5, 5.41) is 13.5. The number of hydrogen-bond acceptors (Lipinski definition) is 2. The molecule has 1 aromatic heterocycles. The third-order valence-corrected chi connectivity index (χ3v) is 4.65. The summed E-state index contributed by atoms with van der Waals surface area (Å²) in [6.07, 6.45) is 6.56. The van der Waals surface area contributed by atoms with Crippen molar-refractivity contribution in [2.75, 3.05) is 0 Å². The number of carbonyl (C=O) groups excluding carboxylic acids is 1. The highest BCUT2D eigenvalue weighted by molar-refractivity contribution is 6.07. The molecule has 1 aromatic carbocycles. The van der Waals surface area contributed by atoms with E-state index in [1.165, 1.54) is 0 Å². The summed E-state index contributed by atoms with van der Waals surface area (Å²) < 4.78 is 2.07. The van der Waals surface area contributed by atoms with E-state index in [2.05, 4.69) is 22.9 Å². The Morgan fingerprint density at radius 3 is 2.73 bits per heavy atom. The van der Waals surface area contributed by atoms with Crippen LogP contribution in [-0.4, -0.2) is 16.0 Å². The Bertz CT molecular complexity index is 732. The van der Waals surface area contributed by atoms with Crippen LogP contribution in [0.1, 0.15) is 49.4 Å². The minimum Gasteiger partial charge on any atom is -0.347 e.